The summed E-state index contributed by atoms with van der Waals surface area (Å²) in [6.45, 7) is -2.41. The summed E-state index contributed by atoms with van der Waals surface area (Å²) in [5.41, 5.74) is 0. The average Bonchev–Trinajstić information content (AvgIpc) is 2.26. The molecule has 0 saturated heterocycles. The first-order valence-electron chi connectivity index (χ1n) is 3.96. The van der Waals surface area contributed by atoms with E-state index in [1.807, 2.05) is 5.32 Å². The van der Waals surface area contributed by atoms with E-state index in [4.69, 9.17) is 15.3 Å². The lowest BCUT2D eigenvalue weighted by atomic mass is 10.2. The second-order valence-corrected chi connectivity index (χ2v) is 2.51. The zero-order chi connectivity index (χ0) is 11.8. The van der Waals surface area contributed by atoms with Gasteiger partial charge in [-0.1, -0.05) is 0 Å². The lowest BCUT2D eigenvalue weighted by Crippen LogP contribution is -2.49. The molecule has 0 aromatic carbocycles. The maximum Gasteiger partial charge on any atom is 0.322 e. The van der Waals surface area contributed by atoms with Crippen molar-refractivity contribution >= 4 is 18.1 Å². The largest absolute Gasteiger partial charge is 0.388 e. The fraction of sp³-hybridized carbons (Fsp3) is 0.571. The minimum absolute atomic E-state index is 0.142. The van der Waals surface area contributed by atoms with Gasteiger partial charge in [0.05, 0.1) is 0 Å². The molecule has 8 heteroatoms. The molecule has 8 nitrogen and oxygen atoms in total. The van der Waals surface area contributed by atoms with Crippen LogP contribution in [0.4, 0.5) is 4.79 Å². The maximum atomic E-state index is 11.1. The number of nitrogens with zero attached hydrogens (tertiary/aromatic N) is 1. The normalized spacial score (nSPS) is 11.7. The summed E-state index contributed by atoms with van der Waals surface area (Å²) in [7, 11) is 0. The Bertz CT molecular complexity index is 240. The monoisotopic (exact) mass is 220 g/mol. The van der Waals surface area contributed by atoms with Crippen LogP contribution in [0.1, 0.15) is 0 Å². The first-order valence-corrected chi connectivity index (χ1v) is 3.96. The molecule has 0 aliphatic heterocycles. The number of carbonyl (C=O) groups excluding carboxylic acids is 3. The Kier molecular flexibility index (Phi) is 6.18. The third kappa shape index (κ3) is 4.02. The van der Waals surface area contributed by atoms with Crippen molar-refractivity contribution in [1.29, 1.82) is 0 Å². The number of aliphatic hydroxyl groups is 3. The zero-order valence-electron chi connectivity index (χ0n) is 7.79. The van der Waals surface area contributed by atoms with Gasteiger partial charge in [0.1, 0.15) is 32.4 Å². The van der Waals surface area contributed by atoms with E-state index in [0.29, 0.717) is 4.90 Å². The van der Waals surface area contributed by atoms with Crippen molar-refractivity contribution in [3.05, 3.63) is 0 Å². The van der Waals surface area contributed by atoms with Gasteiger partial charge in [0.2, 0.25) is 0 Å². The molecule has 0 aliphatic rings. The van der Waals surface area contributed by atoms with Gasteiger partial charge in [0.25, 0.3) is 0 Å². The number of hydrogen-bond donors (Lipinski definition) is 4. The van der Waals surface area contributed by atoms with Gasteiger partial charge in [-0.25, -0.2) is 4.79 Å². The number of aldehydes is 1. The highest BCUT2D eigenvalue weighted by Crippen LogP contribution is 1.89. The van der Waals surface area contributed by atoms with E-state index in [1.54, 1.807) is 0 Å². The number of aliphatic hydroxyl groups excluding tert-OH is 3. The van der Waals surface area contributed by atoms with Crippen LogP contribution in [0.5, 0.6) is 0 Å². The predicted octanol–water partition coefficient (Wildman–Crippen LogP) is -2.97. The van der Waals surface area contributed by atoms with Crippen LogP contribution in [-0.2, 0) is 9.59 Å². The summed E-state index contributed by atoms with van der Waals surface area (Å²) in [6.07, 6.45) is 0.142. The fourth-order valence-electron chi connectivity index (χ4n) is 0.686. The van der Waals surface area contributed by atoms with E-state index in [2.05, 4.69) is 0 Å². The second kappa shape index (κ2) is 6.87. The fourth-order valence-corrected chi connectivity index (χ4v) is 0.686. The molecule has 4 N–H and O–H groups in total. The SMILES string of the molecule is O=CC(NC(=O)N(CO)CO)C(=O)CO. The highest BCUT2D eigenvalue weighted by Gasteiger charge is 2.21. The molecule has 2 amide bonds. The predicted molar refractivity (Wildman–Crippen MR) is 46.5 cm³/mol. The zero-order valence-corrected chi connectivity index (χ0v) is 7.79. The van der Waals surface area contributed by atoms with Crippen molar-refractivity contribution in [1.82, 2.24) is 10.2 Å². The number of nitrogens with one attached hydrogen (secondary N) is 1. The first-order chi connectivity index (χ1) is 7.10. The van der Waals surface area contributed by atoms with Gasteiger partial charge in [-0.2, -0.15) is 0 Å². The van der Waals surface area contributed by atoms with Gasteiger partial charge in [0, 0.05) is 0 Å². The smallest absolute Gasteiger partial charge is 0.322 e. The van der Waals surface area contributed by atoms with Crippen molar-refractivity contribution in [3.8, 4) is 0 Å². The molecule has 86 valence electrons. The summed E-state index contributed by atoms with van der Waals surface area (Å²) >= 11 is 0. The van der Waals surface area contributed by atoms with Crippen LogP contribution in [0, 0.1) is 0 Å². The Labute approximate surface area is 85.1 Å². The molecule has 1 unspecified atom stereocenters. The van der Waals surface area contributed by atoms with Crippen molar-refractivity contribution in [2.45, 2.75) is 6.04 Å². The summed E-state index contributed by atoms with van der Waals surface area (Å²) in [4.78, 5) is 32.8. The topological polar surface area (TPSA) is 127 Å². The number of amides is 2. The Morgan fingerprint density at radius 2 is 1.80 bits per heavy atom. The van der Waals surface area contributed by atoms with E-state index < -0.39 is 37.9 Å². The van der Waals surface area contributed by atoms with Crippen LogP contribution in [0.2, 0.25) is 0 Å². The van der Waals surface area contributed by atoms with Crippen LogP contribution in [-0.4, -0.2) is 64.4 Å². The highest BCUT2D eigenvalue weighted by atomic mass is 16.3. The molecule has 0 aromatic rings. The van der Waals surface area contributed by atoms with E-state index in [1.165, 1.54) is 0 Å². The maximum absolute atomic E-state index is 11.1. The number of ketones is 1. The Balaban J connectivity index is 4.35. The number of urea groups is 1. The Morgan fingerprint density at radius 3 is 2.13 bits per heavy atom. The molecule has 1 atom stereocenters. The minimum Gasteiger partial charge on any atom is -0.388 e. The molecule has 0 radical (unpaired) electrons. The molecular weight excluding hydrogens is 208 g/mol. The van der Waals surface area contributed by atoms with E-state index in [0.717, 1.165) is 0 Å². The van der Waals surface area contributed by atoms with Crippen LogP contribution in [0.15, 0.2) is 0 Å². The first kappa shape index (κ1) is 13.5. The molecule has 0 spiro atoms. The molecule has 0 bridgehead atoms. The van der Waals surface area contributed by atoms with Crippen LogP contribution >= 0.6 is 0 Å². The lowest BCUT2D eigenvalue weighted by molar-refractivity contribution is -0.127. The third-order valence-electron chi connectivity index (χ3n) is 1.55. The number of rotatable bonds is 6. The molecule has 0 heterocycles. The van der Waals surface area contributed by atoms with Crippen molar-refractivity contribution in [2.75, 3.05) is 20.1 Å². The van der Waals surface area contributed by atoms with Crippen LogP contribution < -0.4 is 5.32 Å². The highest BCUT2D eigenvalue weighted by molar-refractivity contribution is 6.00. The average molecular weight is 220 g/mol. The van der Waals surface area contributed by atoms with E-state index in [-0.39, 0.29) is 6.29 Å². The number of carbonyl (C=O) groups is 3. The van der Waals surface area contributed by atoms with Gasteiger partial charge in [-0.3, -0.25) is 9.69 Å². The summed E-state index contributed by atoms with van der Waals surface area (Å²) in [6, 6.07) is -2.47. The molecular formula is C7H12N2O6. The quantitative estimate of drug-likeness (QED) is 0.215. The molecule has 0 aromatic heterocycles. The second-order valence-electron chi connectivity index (χ2n) is 2.51. The van der Waals surface area contributed by atoms with Crippen LogP contribution in [0.25, 0.3) is 0 Å². The van der Waals surface area contributed by atoms with Gasteiger partial charge in [0.15, 0.2) is 5.78 Å². The van der Waals surface area contributed by atoms with Crippen molar-refractivity contribution < 1.29 is 29.7 Å². The molecule has 15 heavy (non-hydrogen) atoms. The van der Waals surface area contributed by atoms with Crippen molar-refractivity contribution in [2.24, 2.45) is 0 Å². The molecule has 0 aliphatic carbocycles. The Morgan fingerprint density at radius 1 is 1.27 bits per heavy atom. The van der Waals surface area contributed by atoms with E-state index in [9.17, 15) is 14.4 Å². The summed E-state index contributed by atoms with van der Waals surface area (Å²) in [5.74, 6) is -0.880. The Hall–Kier alpha value is -1.51. The van der Waals surface area contributed by atoms with E-state index >= 15 is 0 Å². The van der Waals surface area contributed by atoms with Gasteiger partial charge < -0.3 is 25.4 Å². The number of Topliss-reactive ketones (excluding diaryl/α,β-unsaturated/α-hetero) is 1. The minimum atomic E-state index is -1.48. The summed E-state index contributed by atoms with van der Waals surface area (Å²) in [5, 5.41) is 27.5. The van der Waals surface area contributed by atoms with Gasteiger partial charge >= 0.3 is 6.03 Å². The molecule has 0 rings (SSSR count). The molecule has 0 saturated carbocycles. The lowest BCUT2D eigenvalue weighted by Gasteiger charge is -2.19. The van der Waals surface area contributed by atoms with Crippen molar-refractivity contribution in [3.63, 3.8) is 0 Å². The standard InChI is InChI=1S/C7H12N2O6/c10-1-5(6(14)2-11)8-7(15)9(3-12)4-13/h1,5,11-13H,2-4H2,(H,8,15). The molecule has 0 fully saturated rings. The summed E-state index contributed by atoms with van der Waals surface area (Å²) < 4.78 is 0. The van der Waals surface area contributed by atoms with Gasteiger partial charge in [-0.15, -0.1) is 0 Å². The third-order valence-corrected chi connectivity index (χ3v) is 1.55. The number of hydrogen-bond acceptors (Lipinski definition) is 6. The van der Waals surface area contributed by atoms with Gasteiger partial charge in [-0.05, 0) is 0 Å². The van der Waals surface area contributed by atoms with Crippen LogP contribution in [0.3, 0.4) is 0 Å².